The van der Waals surface area contributed by atoms with Crippen LogP contribution in [0.15, 0.2) is 54.6 Å². The lowest BCUT2D eigenvalue weighted by Crippen LogP contribution is -3.11. The first-order chi connectivity index (χ1) is 12.9. The zero-order chi connectivity index (χ0) is 19.4. The minimum atomic E-state index is -0.173. The number of nitrogens with one attached hydrogen (secondary N) is 1. The first-order valence-electron chi connectivity index (χ1n) is 9.64. The van der Waals surface area contributed by atoms with Crippen LogP contribution < -0.4 is 4.90 Å². The lowest BCUT2D eigenvalue weighted by molar-refractivity contribution is -0.938. The number of aryl methyl sites for hydroxylation is 1. The van der Waals surface area contributed by atoms with Gasteiger partial charge in [0.15, 0.2) is 6.04 Å². The predicted octanol–water partition coefficient (Wildman–Crippen LogP) is 2.93. The Morgan fingerprint density at radius 1 is 1.00 bits per heavy atom. The van der Waals surface area contributed by atoms with Gasteiger partial charge in [-0.05, 0) is 45.0 Å². The van der Waals surface area contributed by atoms with E-state index in [2.05, 4.69) is 105 Å². The molecule has 5 heteroatoms. The van der Waals surface area contributed by atoms with Gasteiger partial charge in [-0.1, -0.05) is 60.2 Å². The van der Waals surface area contributed by atoms with Crippen molar-refractivity contribution in [2.45, 2.75) is 52.7 Å². The van der Waals surface area contributed by atoms with Gasteiger partial charge in [0.25, 0.3) is 0 Å². The van der Waals surface area contributed by atoms with Gasteiger partial charge in [-0.2, -0.15) is 0 Å². The van der Waals surface area contributed by atoms with Crippen LogP contribution in [0, 0.1) is 6.92 Å². The number of rotatable bonds is 6. The van der Waals surface area contributed by atoms with Crippen LogP contribution in [-0.2, 0) is 12.1 Å². The Balaban J connectivity index is 2.07. The van der Waals surface area contributed by atoms with Gasteiger partial charge >= 0.3 is 0 Å². The Labute approximate surface area is 162 Å². The van der Waals surface area contributed by atoms with Crippen molar-refractivity contribution in [2.24, 2.45) is 0 Å². The molecule has 0 saturated carbocycles. The zero-order valence-corrected chi connectivity index (χ0v) is 17.0. The number of tetrazole rings is 1. The molecule has 2 aromatic carbocycles. The molecule has 1 aromatic heterocycles. The second-order valence-corrected chi connectivity index (χ2v) is 8.14. The highest BCUT2D eigenvalue weighted by Gasteiger charge is 2.33. The van der Waals surface area contributed by atoms with Crippen LogP contribution in [0.5, 0.6) is 0 Å². The summed E-state index contributed by atoms with van der Waals surface area (Å²) in [6.45, 7) is 12.7. The average Bonchev–Trinajstić information content (AvgIpc) is 3.13. The van der Waals surface area contributed by atoms with E-state index in [1.165, 1.54) is 21.6 Å². The third-order valence-electron chi connectivity index (χ3n) is 4.93. The van der Waals surface area contributed by atoms with Crippen LogP contribution in [0.3, 0.4) is 0 Å². The van der Waals surface area contributed by atoms with Crippen LogP contribution in [0.4, 0.5) is 0 Å². The van der Waals surface area contributed by atoms with Crippen molar-refractivity contribution in [1.82, 2.24) is 20.2 Å². The van der Waals surface area contributed by atoms with Crippen molar-refractivity contribution < 1.29 is 4.90 Å². The van der Waals surface area contributed by atoms with Gasteiger partial charge in [-0.25, -0.2) is 4.68 Å². The van der Waals surface area contributed by atoms with Crippen molar-refractivity contribution in [1.29, 1.82) is 0 Å². The summed E-state index contributed by atoms with van der Waals surface area (Å²) in [5, 5.41) is 12.8. The molecular weight excluding hydrogens is 334 g/mol. The second kappa shape index (κ2) is 8.01. The number of hydrogen-bond donors (Lipinski definition) is 1. The van der Waals surface area contributed by atoms with Crippen molar-refractivity contribution in [3.8, 4) is 0 Å². The lowest BCUT2D eigenvalue weighted by atomic mass is 10.0. The highest BCUT2D eigenvalue weighted by Crippen LogP contribution is 2.22. The SMILES string of the molecule is CC[NH+](Cc1ccccc1)[C@@H](c1ccc(C)cc1)c1nnnn1C(C)(C)C. The minimum absolute atomic E-state index is 0.0741. The van der Waals surface area contributed by atoms with E-state index in [4.69, 9.17) is 0 Å². The molecule has 0 aliphatic heterocycles. The van der Waals surface area contributed by atoms with Gasteiger partial charge in [0.2, 0.25) is 5.82 Å². The van der Waals surface area contributed by atoms with Crippen LogP contribution in [0.25, 0.3) is 0 Å². The van der Waals surface area contributed by atoms with Gasteiger partial charge in [0.05, 0.1) is 12.1 Å². The topological polar surface area (TPSA) is 48.0 Å². The number of aromatic nitrogens is 4. The number of nitrogens with zero attached hydrogens (tertiary/aromatic N) is 4. The quantitative estimate of drug-likeness (QED) is 0.732. The molecule has 1 heterocycles. The van der Waals surface area contributed by atoms with Crippen molar-refractivity contribution in [3.63, 3.8) is 0 Å². The molecule has 3 aromatic rings. The summed E-state index contributed by atoms with van der Waals surface area (Å²) < 4.78 is 1.97. The molecule has 0 aliphatic carbocycles. The molecule has 142 valence electrons. The number of benzene rings is 2. The van der Waals surface area contributed by atoms with Gasteiger partial charge in [0.1, 0.15) is 6.54 Å². The standard InChI is InChI=1S/C22H29N5/c1-6-26(16-18-10-8-7-9-11-18)20(19-14-12-17(2)13-15-19)21-23-24-25-27(21)22(3,4)5/h7-15,20H,6,16H2,1-5H3/p+1/t20-/m0/s1. The fourth-order valence-electron chi connectivity index (χ4n) is 3.47. The maximum atomic E-state index is 4.47. The van der Waals surface area contributed by atoms with E-state index < -0.39 is 0 Å². The molecule has 1 unspecified atom stereocenters. The molecule has 1 N–H and O–H groups in total. The summed E-state index contributed by atoms with van der Waals surface area (Å²) in [7, 11) is 0. The normalized spacial score (nSPS) is 14.1. The molecule has 0 spiro atoms. The maximum absolute atomic E-state index is 4.47. The number of quaternary nitrogens is 1. The first-order valence-corrected chi connectivity index (χ1v) is 9.64. The molecule has 0 saturated heterocycles. The summed E-state index contributed by atoms with van der Waals surface area (Å²) >= 11 is 0. The maximum Gasteiger partial charge on any atom is 0.214 e. The van der Waals surface area contributed by atoms with E-state index >= 15 is 0 Å². The Morgan fingerprint density at radius 2 is 1.67 bits per heavy atom. The van der Waals surface area contributed by atoms with E-state index in [0.717, 1.165) is 18.9 Å². The highest BCUT2D eigenvalue weighted by atomic mass is 15.6. The van der Waals surface area contributed by atoms with E-state index in [-0.39, 0.29) is 11.6 Å². The molecule has 3 rings (SSSR count). The monoisotopic (exact) mass is 364 g/mol. The molecule has 5 nitrogen and oxygen atoms in total. The van der Waals surface area contributed by atoms with Crippen molar-refractivity contribution in [2.75, 3.05) is 6.54 Å². The summed E-state index contributed by atoms with van der Waals surface area (Å²) in [4.78, 5) is 1.42. The zero-order valence-electron chi connectivity index (χ0n) is 17.0. The Bertz CT molecular complexity index is 846. The van der Waals surface area contributed by atoms with E-state index in [0.29, 0.717) is 0 Å². The molecule has 0 bridgehead atoms. The van der Waals surface area contributed by atoms with Crippen LogP contribution in [-0.4, -0.2) is 26.8 Å². The van der Waals surface area contributed by atoms with Crippen molar-refractivity contribution >= 4 is 0 Å². The fourth-order valence-corrected chi connectivity index (χ4v) is 3.47. The Morgan fingerprint density at radius 3 is 2.26 bits per heavy atom. The van der Waals surface area contributed by atoms with Gasteiger partial charge in [-0.15, -0.1) is 5.10 Å². The van der Waals surface area contributed by atoms with Crippen LogP contribution >= 0.6 is 0 Å². The van der Waals surface area contributed by atoms with E-state index in [9.17, 15) is 0 Å². The first kappa shape index (κ1) is 19.2. The molecule has 0 fully saturated rings. The smallest absolute Gasteiger partial charge is 0.214 e. The molecule has 2 atom stereocenters. The Kier molecular flexibility index (Phi) is 5.71. The summed E-state index contributed by atoms with van der Waals surface area (Å²) in [6.07, 6.45) is 0. The molecule has 0 amide bonds. The summed E-state index contributed by atoms with van der Waals surface area (Å²) in [6, 6.07) is 19.5. The third kappa shape index (κ3) is 4.42. The van der Waals surface area contributed by atoms with Crippen molar-refractivity contribution in [3.05, 3.63) is 77.1 Å². The lowest BCUT2D eigenvalue weighted by Gasteiger charge is -2.30. The fraction of sp³-hybridized carbons (Fsp3) is 0.409. The molecule has 0 aliphatic rings. The summed E-state index contributed by atoms with van der Waals surface area (Å²) in [5.41, 5.74) is 3.65. The van der Waals surface area contributed by atoms with Gasteiger partial charge in [0, 0.05) is 11.1 Å². The average molecular weight is 365 g/mol. The highest BCUT2D eigenvalue weighted by molar-refractivity contribution is 5.26. The molecular formula is C22H30N5+. The summed E-state index contributed by atoms with van der Waals surface area (Å²) in [5.74, 6) is 0.916. The van der Waals surface area contributed by atoms with Crippen LogP contribution in [0.1, 0.15) is 56.3 Å². The second-order valence-electron chi connectivity index (χ2n) is 8.14. The predicted molar refractivity (Wildman–Crippen MR) is 107 cm³/mol. The number of hydrogen-bond acceptors (Lipinski definition) is 3. The minimum Gasteiger partial charge on any atom is -0.319 e. The molecule has 27 heavy (non-hydrogen) atoms. The Hall–Kier alpha value is -2.53. The van der Waals surface area contributed by atoms with E-state index in [1.54, 1.807) is 0 Å². The van der Waals surface area contributed by atoms with Gasteiger partial charge in [-0.3, -0.25) is 0 Å². The molecule has 0 radical (unpaired) electrons. The largest absolute Gasteiger partial charge is 0.319 e. The van der Waals surface area contributed by atoms with Gasteiger partial charge < -0.3 is 4.90 Å². The van der Waals surface area contributed by atoms with E-state index in [1.807, 2.05) is 4.68 Å². The third-order valence-corrected chi connectivity index (χ3v) is 4.93. The van der Waals surface area contributed by atoms with Crippen LogP contribution in [0.2, 0.25) is 0 Å².